The number of amides is 2. The highest BCUT2D eigenvalue weighted by molar-refractivity contribution is 5.91. The summed E-state index contributed by atoms with van der Waals surface area (Å²) in [5.41, 5.74) is 0.00459. The van der Waals surface area contributed by atoms with E-state index in [1.54, 1.807) is 4.90 Å². The number of urea groups is 1. The fourth-order valence-corrected chi connectivity index (χ4v) is 2.28. The summed E-state index contributed by atoms with van der Waals surface area (Å²) in [6.45, 7) is 1.40. The third kappa shape index (κ3) is 3.66. The molecule has 0 unspecified atom stereocenters. The van der Waals surface area contributed by atoms with E-state index in [4.69, 9.17) is 0 Å². The highest BCUT2D eigenvalue weighted by Crippen LogP contribution is 2.22. The molecule has 108 valence electrons. The molecular weight excluding hydrogens is 260 g/mol. The van der Waals surface area contributed by atoms with E-state index in [1.165, 1.54) is 18.7 Å². The molecule has 2 rings (SSSR count). The third-order valence-electron chi connectivity index (χ3n) is 3.38. The highest BCUT2D eigenvalue weighted by atomic mass is 16.6. The van der Waals surface area contributed by atoms with Crippen LogP contribution in [0.5, 0.6) is 0 Å². The fraction of sp³-hybridized carbons (Fsp3) is 0.538. The van der Waals surface area contributed by atoms with Crippen LogP contribution in [0.2, 0.25) is 0 Å². The number of rotatable bonds is 2. The van der Waals surface area contributed by atoms with E-state index in [1.807, 2.05) is 0 Å². The van der Waals surface area contributed by atoms with Crippen LogP contribution in [-0.2, 0) is 0 Å². The van der Waals surface area contributed by atoms with Gasteiger partial charge in [-0.25, -0.2) is 4.79 Å². The normalized spacial score (nSPS) is 16.1. The molecule has 7 nitrogen and oxygen atoms in total. The van der Waals surface area contributed by atoms with Crippen molar-refractivity contribution in [2.75, 3.05) is 18.4 Å². The number of carbonyl (C=O) groups is 1. The lowest BCUT2D eigenvalue weighted by Gasteiger charge is -2.24. The van der Waals surface area contributed by atoms with Gasteiger partial charge in [-0.3, -0.25) is 15.1 Å². The van der Waals surface area contributed by atoms with Gasteiger partial charge in [-0.2, -0.15) is 0 Å². The van der Waals surface area contributed by atoms with Gasteiger partial charge in [-0.1, -0.05) is 19.3 Å². The van der Waals surface area contributed by atoms with Gasteiger partial charge in [0.25, 0.3) is 0 Å². The van der Waals surface area contributed by atoms with Crippen molar-refractivity contribution in [2.45, 2.75) is 32.1 Å². The Morgan fingerprint density at radius 1 is 1.25 bits per heavy atom. The van der Waals surface area contributed by atoms with E-state index < -0.39 is 4.92 Å². The van der Waals surface area contributed by atoms with Gasteiger partial charge in [0.2, 0.25) is 0 Å². The zero-order valence-electron chi connectivity index (χ0n) is 11.2. The van der Waals surface area contributed by atoms with E-state index in [0.717, 1.165) is 31.9 Å². The Hall–Kier alpha value is -2.18. The molecule has 0 aliphatic carbocycles. The Bertz CT molecular complexity index is 484. The van der Waals surface area contributed by atoms with Gasteiger partial charge in [-0.05, 0) is 18.9 Å². The smallest absolute Gasteiger partial charge is 0.322 e. The average Bonchev–Trinajstić information content (AvgIpc) is 2.38. The van der Waals surface area contributed by atoms with E-state index in [0.29, 0.717) is 13.1 Å². The van der Waals surface area contributed by atoms with Gasteiger partial charge in [0, 0.05) is 19.3 Å². The van der Waals surface area contributed by atoms with Crippen molar-refractivity contribution in [1.29, 1.82) is 0 Å². The predicted octanol–water partition coefficient (Wildman–Crippen LogP) is 2.79. The molecule has 0 aromatic carbocycles. The van der Waals surface area contributed by atoms with Crippen molar-refractivity contribution in [1.82, 2.24) is 9.88 Å². The number of carbonyl (C=O) groups excluding carboxylic acids is 1. The number of nitrogens with one attached hydrogen (secondary N) is 1. The number of nitro groups is 1. The maximum absolute atomic E-state index is 12.2. The van der Waals surface area contributed by atoms with Crippen LogP contribution in [0.25, 0.3) is 0 Å². The molecule has 1 N–H and O–H groups in total. The van der Waals surface area contributed by atoms with Crippen LogP contribution in [0.3, 0.4) is 0 Å². The van der Waals surface area contributed by atoms with Crippen molar-refractivity contribution in [3.63, 3.8) is 0 Å². The maximum Gasteiger partial charge on any atom is 0.322 e. The molecule has 1 aliphatic rings. The fourth-order valence-electron chi connectivity index (χ4n) is 2.28. The zero-order valence-corrected chi connectivity index (χ0v) is 11.2. The summed E-state index contributed by atoms with van der Waals surface area (Å²) in [6, 6.07) is 1.17. The second kappa shape index (κ2) is 6.83. The molecular formula is C13H18N4O3. The predicted molar refractivity (Wildman–Crippen MR) is 74.6 cm³/mol. The lowest BCUT2D eigenvalue weighted by Crippen LogP contribution is -2.37. The molecule has 0 saturated carbocycles. The van der Waals surface area contributed by atoms with Crippen molar-refractivity contribution in [3.05, 3.63) is 28.6 Å². The first-order valence-electron chi connectivity index (χ1n) is 6.83. The molecule has 0 radical (unpaired) electrons. The lowest BCUT2D eigenvalue weighted by molar-refractivity contribution is -0.384. The summed E-state index contributed by atoms with van der Waals surface area (Å²) in [5.74, 6) is 0. The van der Waals surface area contributed by atoms with Crippen molar-refractivity contribution in [3.8, 4) is 0 Å². The number of likely N-dealkylation sites (tertiary alicyclic amines) is 1. The van der Waals surface area contributed by atoms with E-state index in [2.05, 4.69) is 10.3 Å². The molecule has 1 aliphatic heterocycles. The first-order chi connectivity index (χ1) is 9.68. The Balaban J connectivity index is 2.05. The second-order valence-corrected chi connectivity index (χ2v) is 4.83. The van der Waals surface area contributed by atoms with E-state index >= 15 is 0 Å². The maximum atomic E-state index is 12.2. The minimum absolute atomic E-state index is 0.187. The van der Waals surface area contributed by atoms with Gasteiger partial charge >= 0.3 is 11.7 Å². The van der Waals surface area contributed by atoms with Gasteiger partial charge in [0.15, 0.2) is 0 Å². The van der Waals surface area contributed by atoms with Crippen LogP contribution in [-0.4, -0.2) is 33.9 Å². The molecule has 0 spiro atoms. The van der Waals surface area contributed by atoms with Crippen LogP contribution < -0.4 is 5.32 Å². The van der Waals surface area contributed by atoms with Crippen LogP contribution >= 0.6 is 0 Å². The summed E-state index contributed by atoms with van der Waals surface area (Å²) < 4.78 is 0. The topological polar surface area (TPSA) is 88.4 Å². The van der Waals surface area contributed by atoms with Crippen LogP contribution in [0, 0.1) is 10.1 Å². The highest BCUT2D eigenvalue weighted by Gasteiger charge is 2.19. The number of nitrogens with zero attached hydrogens (tertiary/aromatic N) is 3. The van der Waals surface area contributed by atoms with Gasteiger partial charge in [0.05, 0.1) is 4.92 Å². The van der Waals surface area contributed by atoms with E-state index in [-0.39, 0.29) is 17.4 Å². The first kappa shape index (κ1) is 14.2. The molecule has 1 fully saturated rings. The monoisotopic (exact) mass is 278 g/mol. The second-order valence-electron chi connectivity index (χ2n) is 4.83. The Labute approximate surface area is 117 Å². The summed E-state index contributed by atoms with van der Waals surface area (Å²) in [6.07, 6.45) is 7.99. The Morgan fingerprint density at radius 3 is 2.55 bits per heavy atom. The number of aromatic nitrogens is 1. The van der Waals surface area contributed by atoms with Crippen LogP contribution in [0.1, 0.15) is 32.1 Å². The SMILES string of the molecule is O=C(Nc1ccncc1[N+](=O)[O-])N1CCCCCCC1. The number of hydrogen-bond donors (Lipinski definition) is 1. The minimum atomic E-state index is -0.546. The van der Waals surface area contributed by atoms with Crippen molar-refractivity contribution in [2.24, 2.45) is 0 Å². The number of pyridine rings is 1. The average molecular weight is 278 g/mol. The molecule has 2 amide bonds. The lowest BCUT2D eigenvalue weighted by atomic mass is 10.1. The Kier molecular flexibility index (Phi) is 4.86. The largest absolute Gasteiger partial charge is 0.325 e. The van der Waals surface area contributed by atoms with Crippen LogP contribution in [0.15, 0.2) is 18.5 Å². The van der Waals surface area contributed by atoms with Gasteiger partial charge in [-0.15, -0.1) is 0 Å². The van der Waals surface area contributed by atoms with Gasteiger partial charge in [0.1, 0.15) is 11.9 Å². The molecule has 2 heterocycles. The zero-order chi connectivity index (χ0) is 14.4. The molecule has 1 saturated heterocycles. The standard InChI is InChI=1S/C13H18N4O3/c18-13(16-8-4-2-1-3-5-9-16)15-11-6-7-14-10-12(11)17(19)20/h6-7,10H,1-5,8-9H2,(H,14,15,18). The summed E-state index contributed by atoms with van der Waals surface area (Å²) >= 11 is 0. The minimum Gasteiger partial charge on any atom is -0.325 e. The molecule has 0 bridgehead atoms. The molecule has 20 heavy (non-hydrogen) atoms. The molecule has 0 atom stereocenters. The molecule has 1 aromatic heterocycles. The quantitative estimate of drug-likeness (QED) is 0.665. The van der Waals surface area contributed by atoms with Crippen LogP contribution in [0.4, 0.5) is 16.2 Å². The van der Waals surface area contributed by atoms with Gasteiger partial charge < -0.3 is 10.2 Å². The Morgan fingerprint density at radius 2 is 1.90 bits per heavy atom. The number of hydrogen-bond acceptors (Lipinski definition) is 4. The summed E-state index contributed by atoms with van der Waals surface area (Å²) in [7, 11) is 0. The summed E-state index contributed by atoms with van der Waals surface area (Å²) in [4.78, 5) is 27.9. The molecule has 1 aromatic rings. The van der Waals surface area contributed by atoms with E-state index in [9.17, 15) is 14.9 Å². The first-order valence-corrected chi connectivity index (χ1v) is 6.83. The third-order valence-corrected chi connectivity index (χ3v) is 3.38. The summed E-state index contributed by atoms with van der Waals surface area (Å²) in [5, 5.41) is 13.5. The van der Waals surface area contributed by atoms with Crippen molar-refractivity contribution < 1.29 is 9.72 Å². The van der Waals surface area contributed by atoms with Crippen molar-refractivity contribution >= 4 is 17.4 Å². The number of anilines is 1. The molecule has 7 heteroatoms.